The minimum Gasteiger partial charge on any atom is -0.495 e. The standard InChI is InChI=1S/C18H14F6N2O5S/c1-30-14-5-3-11(9-12(14)25-16(27)18(22,23)24)32(28,29)26-6-7-31-15-4-2-10(8-13(15)26)17(19,20)21/h2-5,8-9H,6-7H2,1H3,(H,25,27). The zero-order chi connectivity index (χ0) is 23.9. The number of hydrogen-bond acceptors (Lipinski definition) is 5. The van der Waals surface area contributed by atoms with Crippen LogP contribution in [0.2, 0.25) is 0 Å². The first-order valence-corrected chi connectivity index (χ1v) is 10.1. The van der Waals surface area contributed by atoms with E-state index < -0.39 is 44.4 Å². The zero-order valence-corrected chi connectivity index (χ0v) is 16.9. The second kappa shape index (κ2) is 8.07. The molecule has 1 aliphatic rings. The molecule has 1 amide bonds. The van der Waals surface area contributed by atoms with E-state index in [9.17, 15) is 39.6 Å². The second-order valence-corrected chi connectivity index (χ2v) is 8.28. The van der Waals surface area contributed by atoms with E-state index in [1.165, 1.54) is 5.32 Å². The first-order chi connectivity index (χ1) is 14.7. The number of sulfonamides is 1. The molecular weight excluding hydrogens is 470 g/mol. The summed E-state index contributed by atoms with van der Waals surface area (Å²) >= 11 is 0. The third-order valence-electron chi connectivity index (χ3n) is 4.37. The van der Waals surface area contributed by atoms with E-state index in [2.05, 4.69) is 0 Å². The quantitative estimate of drug-likeness (QED) is 0.668. The summed E-state index contributed by atoms with van der Waals surface area (Å²) in [4.78, 5) is 10.7. The summed E-state index contributed by atoms with van der Waals surface area (Å²) in [5, 5.41) is 1.52. The van der Waals surface area contributed by atoms with Crippen LogP contribution in [0.1, 0.15) is 5.56 Å². The molecular formula is C18H14F6N2O5S. The molecule has 7 nitrogen and oxygen atoms in total. The maximum atomic E-state index is 13.2. The highest BCUT2D eigenvalue weighted by molar-refractivity contribution is 7.92. The maximum Gasteiger partial charge on any atom is 0.471 e. The average Bonchev–Trinajstić information content (AvgIpc) is 2.71. The van der Waals surface area contributed by atoms with E-state index in [1.54, 1.807) is 0 Å². The zero-order valence-electron chi connectivity index (χ0n) is 16.0. The Hall–Kier alpha value is -3.16. The summed E-state index contributed by atoms with van der Waals surface area (Å²) in [7, 11) is -3.47. The normalized spacial score (nSPS) is 14.4. The maximum absolute atomic E-state index is 13.2. The number of carbonyl (C=O) groups excluding carboxylic acids is 1. The lowest BCUT2D eigenvalue weighted by Gasteiger charge is -2.31. The fourth-order valence-electron chi connectivity index (χ4n) is 2.88. The molecule has 0 atom stereocenters. The van der Waals surface area contributed by atoms with Gasteiger partial charge in [-0.15, -0.1) is 0 Å². The number of amides is 1. The molecule has 2 aromatic rings. The Morgan fingerprint density at radius 2 is 1.78 bits per heavy atom. The van der Waals surface area contributed by atoms with Crippen molar-refractivity contribution < 1.29 is 49.0 Å². The van der Waals surface area contributed by atoms with Crippen LogP contribution in [0.3, 0.4) is 0 Å². The molecule has 0 spiro atoms. The van der Waals surface area contributed by atoms with Gasteiger partial charge in [0.1, 0.15) is 18.1 Å². The van der Waals surface area contributed by atoms with Gasteiger partial charge < -0.3 is 14.8 Å². The van der Waals surface area contributed by atoms with Crippen molar-refractivity contribution in [3.05, 3.63) is 42.0 Å². The van der Waals surface area contributed by atoms with Gasteiger partial charge in [0, 0.05) is 0 Å². The number of carbonyl (C=O) groups is 1. The highest BCUT2D eigenvalue weighted by Gasteiger charge is 2.40. The molecule has 32 heavy (non-hydrogen) atoms. The van der Waals surface area contributed by atoms with E-state index in [-0.39, 0.29) is 30.3 Å². The number of nitrogens with one attached hydrogen (secondary N) is 1. The van der Waals surface area contributed by atoms with Gasteiger partial charge >= 0.3 is 18.3 Å². The smallest absolute Gasteiger partial charge is 0.471 e. The third-order valence-corrected chi connectivity index (χ3v) is 6.18. The summed E-state index contributed by atoms with van der Waals surface area (Å²) < 4.78 is 114. The van der Waals surface area contributed by atoms with Gasteiger partial charge in [-0.1, -0.05) is 0 Å². The SMILES string of the molecule is COc1ccc(S(=O)(=O)N2CCOc3ccc(C(F)(F)F)cc32)cc1NC(=O)C(F)(F)F. The van der Waals surface area contributed by atoms with E-state index in [0.717, 1.165) is 37.4 Å². The number of methoxy groups -OCH3 is 1. The molecule has 0 unspecified atom stereocenters. The Morgan fingerprint density at radius 3 is 2.38 bits per heavy atom. The molecule has 2 aromatic carbocycles. The molecule has 0 aromatic heterocycles. The first kappa shape index (κ1) is 23.5. The highest BCUT2D eigenvalue weighted by atomic mass is 32.2. The lowest BCUT2D eigenvalue weighted by molar-refractivity contribution is -0.167. The first-order valence-electron chi connectivity index (χ1n) is 8.68. The lowest BCUT2D eigenvalue weighted by Crippen LogP contribution is -2.38. The Bertz CT molecular complexity index is 1150. The van der Waals surface area contributed by atoms with Crippen LogP contribution in [0.5, 0.6) is 11.5 Å². The molecule has 0 saturated carbocycles. The topological polar surface area (TPSA) is 84.9 Å². The minimum atomic E-state index is -5.25. The molecule has 0 fully saturated rings. The van der Waals surface area contributed by atoms with Gasteiger partial charge in [0.2, 0.25) is 0 Å². The molecule has 1 aliphatic heterocycles. The Labute approximate surface area is 177 Å². The number of hydrogen-bond donors (Lipinski definition) is 1. The Morgan fingerprint density at radius 1 is 1.09 bits per heavy atom. The molecule has 0 aliphatic carbocycles. The summed E-state index contributed by atoms with van der Waals surface area (Å²) in [6, 6.07) is 5.02. The van der Waals surface area contributed by atoms with Gasteiger partial charge in [-0.2, -0.15) is 26.3 Å². The van der Waals surface area contributed by atoms with Gasteiger partial charge in [0.15, 0.2) is 0 Å². The molecule has 1 heterocycles. The predicted molar refractivity (Wildman–Crippen MR) is 99.1 cm³/mol. The van der Waals surface area contributed by atoms with E-state index in [1.807, 2.05) is 0 Å². The Balaban J connectivity index is 2.06. The lowest BCUT2D eigenvalue weighted by atomic mass is 10.1. The number of fused-ring (bicyclic) bond motifs is 1. The van der Waals surface area contributed by atoms with Crippen LogP contribution >= 0.6 is 0 Å². The molecule has 0 saturated heterocycles. The molecule has 3 rings (SSSR count). The number of halogens is 6. The van der Waals surface area contributed by atoms with Gasteiger partial charge in [0.25, 0.3) is 10.0 Å². The summed E-state index contributed by atoms with van der Waals surface area (Å²) in [6.45, 7) is -0.529. The molecule has 14 heteroatoms. The van der Waals surface area contributed by atoms with Crippen LogP contribution in [0.25, 0.3) is 0 Å². The third kappa shape index (κ3) is 4.54. The van der Waals surface area contributed by atoms with Gasteiger partial charge in [-0.05, 0) is 36.4 Å². The number of anilines is 2. The van der Waals surface area contributed by atoms with E-state index >= 15 is 0 Å². The number of alkyl halides is 6. The minimum absolute atomic E-state index is 0.119. The number of benzene rings is 2. The van der Waals surface area contributed by atoms with Crippen LogP contribution in [-0.2, 0) is 21.0 Å². The van der Waals surface area contributed by atoms with Crippen LogP contribution in [0.15, 0.2) is 41.3 Å². The molecule has 174 valence electrons. The van der Waals surface area contributed by atoms with Crippen molar-refractivity contribution in [3.63, 3.8) is 0 Å². The highest BCUT2D eigenvalue weighted by Crippen LogP contribution is 2.41. The summed E-state index contributed by atoms with van der Waals surface area (Å²) in [6.07, 6.45) is -10.0. The van der Waals surface area contributed by atoms with E-state index in [4.69, 9.17) is 9.47 Å². The van der Waals surface area contributed by atoms with Crippen molar-refractivity contribution >= 4 is 27.3 Å². The molecule has 0 radical (unpaired) electrons. The van der Waals surface area contributed by atoms with Crippen molar-refractivity contribution in [2.75, 3.05) is 29.9 Å². The van der Waals surface area contributed by atoms with Crippen LogP contribution in [0, 0.1) is 0 Å². The van der Waals surface area contributed by atoms with Gasteiger partial charge in [-0.3, -0.25) is 9.10 Å². The van der Waals surface area contributed by atoms with E-state index in [0.29, 0.717) is 10.4 Å². The van der Waals surface area contributed by atoms with Crippen LogP contribution in [-0.4, -0.2) is 40.8 Å². The van der Waals surface area contributed by atoms with Crippen LogP contribution < -0.4 is 19.1 Å². The van der Waals surface area contributed by atoms with Crippen molar-refractivity contribution in [2.24, 2.45) is 0 Å². The van der Waals surface area contributed by atoms with Crippen molar-refractivity contribution in [2.45, 2.75) is 17.2 Å². The molecule has 1 N–H and O–H groups in total. The van der Waals surface area contributed by atoms with Gasteiger partial charge in [-0.25, -0.2) is 8.42 Å². The fraction of sp³-hybridized carbons (Fsp3) is 0.278. The largest absolute Gasteiger partial charge is 0.495 e. The van der Waals surface area contributed by atoms with Crippen molar-refractivity contribution in [1.29, 1.82) is 0 Å². The van der Waals surface area contributed by atoms with Crippen LogP contribution in [0.4, 0.5) is 37.7 Å². The van der Waals surface area contributed by atoms with Crippen molar-refractivity contribution in [1.82, 2.24) is 0 Å². The number of ether oxygens (including phenoxy) is 2. The second-order valence-electron chi connectivity index (χ2n) is 6.42. The number of rotatable bonds is 4. The number of nitrogens with zero attached hydrogens (tertiary/aromatic N) is 1. The average molecular weight is 484 g/mol. The molecule has 0 bridgehead atoms. The summed E-state index contributed by atoms with van der Waals surface area (Å²) in [5.41, 5.74) is -2.09. The Kier molecular flexibility index (Phi) is 5.93. The predicted octanol–water partition coefficient (Wildman–Crippen LogP) is 3.80. The van der Waals surface area contributed by atoms with Crippen molar-refractivity contribution in [3.8, 4) is 11.5 Å². The monoisotopic (exact) mass is 484 g/mol. The summed E-state index contributed by atoms with van der Waals surface area (Å²) in [5.74, 6) is -2.74. The van der Waals surface area contributed by atoms with Gasteiger partial charge in [0.05, 0.1) is 35.5 Å². The fourth-order valence-corrected chi connectivity index (χ4v) is 4.36.